The molecule has 2 rings (SSSR count). The molecule has 8 nitrogen and oxygen atoms in total. The molecule has 0 unspecified atom stereocenters. The SMILES string of the molecule is O=C1C[CH]N([C@@H]2O[C@H](CO)[C@@H](O)[C@H]2O)C(=O)N1. The highest BCUT2D eigenvalue weighted by Crippen LogP contribution is 2.26. The third-order valence-corrected chi connectivity index (χ3v) is 2.75. The first-order valence-electron chi connectivity index (χ1n) is 5.12. The van der Waals surface area contributed by atoms with Gasteiger partial charge in [-0.25, -0.2) is 4.79 Å². The number of hydrogen-bond donors (Lipinski definition) is 4. The maximum atomic E-state index is 11.5. The van der Waals surface area contributed by atoms with Crippen LogP contribution in [0.15, 0.2) is 0 Å². The third-order valence-electron chi connectivity index (χ3n) is 2.75. The fourth-order valence-electron chi connectivity index (χ4n) is 1.83. The van der Waals surface area contributed by atoms with Crippen molar-refractivity contribution in [1.29, 1.82) is 0 Å². The Bertz CT molecular complexity index is 335. The Morgan fingerprint density at radius 2 is 2.12 bits per heavy atom. The van der Waals surface area contributed by atoms with Gasteiger partial charge in [-0.05, 0) is 0 Å². The van der Waals surface area contributed by atoms with E-state index in [4.69, 9.17) is 9.84 Å². The molecule has 4 N–H and O–H groups in total. The van der Waals surface area contributed by atoms with Crippen LogP contribution in [0, 0.1) is 6.54 Å². The van der Waals surface area contributed by atoms with Gasteiger partial charge in [-0.1, -0.05) is 0 Å². The van der Waals surface area contributed by atoms with Crippen molar-refractivity contribution in [1.82, 2.24) is 10.2 Å². The normalized spacial score (nSPS) is 38.4. The molecule has 1 radical (unpaired) electrons. The van der Waals surface area contributed by atoms with E-state index in [1.807, 2.05) is 0 Å². The lowest BCUT2D eigenvalue weighted by molar-refractivity contribution is -0.123. The number of amides is 3. The number of rotatable bonds is 2. The van der Waals surface area contributed by atoms with Crippen molar-refractivity contribution in [3.63, 3.8) is 0 Å². The Kier molecular flexibility index (Phi) is 3.29. The van der Waals surface area contributed by atoms with Crippen LogP contribution < -0.4 is 5.32 Å². The first-order valence-corrected chi connectivity index (χ1v) is 5.12. The molecule has 0 spiro atoms. The Balaban J connectivity index is 2.08. The van der Waals surface area contributed by atoms with E-state index in [0.717, 1.165) is 4.90 Å². The van der Waals surface area contributed by atoms with E-state index in [1.165, 1.54) is 6.54 Å². The zero-order valence-electron chi connectivity index (χ0n) is 8.81. The predicted octanol–water partition coefficient (Wildman–Crippen LogP) is -2.47. The maximum absolute atomic E-state index is 11.5. The summed E-state index contributed by atoms with van der Waals surface area (Å²) in [6, 6.07) is -0.726. The number of urea groups is 1. The van der Waals surface area contributed by atoms with Crippen molar-refractivity contribution in [2.75, 3.05) is 6.61 Å². The van der Waals surface area contributed by atoms with Gasteiger partial charge in [0.05, 0.1) is 13.2 Å². The predicted molar refractivity (Wildman–Crippen MR) is 52.1 cm³/mol. The van der Waals surface area contributed by atoms with Crippen molar-refractivity contribution in [2.45, 2.75) is 31.0 Å². The van der Waals surface area contributed by atoms with Gasteiger partial charge >= 0.3 is 6.03 Å². The van der Waals surface area contributed by atoms with Crippen LogP contribution in [0.25, 0.3) is 0 Å². The molecule has 0 aliphatic carbocycles. The summed E-state index contributed by atoms with van der Waals surface area (Å²) in [4.78, 5) is 23.4. The van der Waals surface area contributed by atoms with Gasteiger partial charge in [-0.15, -0.1) is 0 Å². The summed E-state index contributed by atoms with van der Waals surface area (Å²) in [7, 11) is 0. The van der Waals surface area contributed by atoms with Gasteiger partial charge in [0.2, 0.25) is 5.91 Å². The maximum Gasteiger partial charge on any atom is 0.326 e. The smallest absolute Gasteiger partial charge is 0.326 e. The van der Waals surface area contributed by atoms with Crippen LogP contribution in [0.5, 0.6) is 0 Å². The van der Waals surface area contributed by atoms with Gasteiger partial charge in [-0.2, -0.15) is 0 Å². The molecular formula is C9H13N2O6. The molecule has 2 aliphatic heterocycles. The van der Waals surface area contributed by atoms with Crippen molar-refractivity contribution in [3.05, 3.63) is 6.54 Å². The summed E-state index contributed by atoms with van der Waals surface area (Å²) in [5.41, 5.74) is 0. The van der Waals surface area contributed by atoms with E-state index in [0.29, 0.717) is 0 Å². The van der Waals surface area contributed by atoms with E-state index < -0.39 is 43.1 Å². The quantitative estimate of drug-likeness (QED) is 0.428. The van der Waals surface area contributed by atoms with E-state index in [9.17, 15) is 19.8 Å². The van der Waals surface area contributed by atoms with Crippen LogP contribution in [0.2, 0.25) is 0 Å². The fraction of sp³-hybridized carbons (Fsp3) is 0.667. The van der Waals surface area contributed by atoms with Gasteiger partial charge in [0, 0.05) is 6.42 Å². The van der Waals surface area contributed by atoms with Gasteiger partial charge in [0.15, 0.2) is 6.23 Å². The molecule has 4 atom stereocenters. The van der Waals surface area contributed by atoms with Crippen LogP contribution in [-0.2, 0) is 9.53 Å². The number of nitrogens with one attached hydrogen (secondary N) is 1. The molecule has 2 saturated heterocycles. The minimum atomic E-state index is -1.33. The molecule has 3 amide bonds. The molecule has 2 fully saturated rings. The average molecular weight is 245 g/mol. The Morgan fingerprint density at radius 1 is 1.41 bits per heavy atom. The second-order valence-corrected chi connectivity index (χ2v) is 3.88. The average Bonchev–Trinajstić information content (AvgIpc) is 2.57. The number of aliphatic hydroxyl groups is 3. The molecule has 17 heavy (non-hydrogen) atoms. The molecule has 0 aromatic heterocycles. The fourth-order valence-corrected chi connectivity index (χ4v) is 1.83. The van der Waals surface area contributed by atoms with Gasteiger partial charge in [0.1, 0.15) is 18.3 Å². The van der Waals surface area contributed by atoms with E-state index in [1.54, 1.807) is 0 Å². The first kappa shape index (κ1) is 12.2. The summed E-state index contributed by atoms with van der Waals surface area (Å²) < 4.78 is 5.15. The zero-order chi connectivity index (χ0) is 12.6. The van der Waals surface area contributed by atoms with Gasteiger partial charge in [-0.3, -0.25) is 15.0 Å². The van der Waals surface area contributed by atoms with Crippen LogP contribution in [-0.4, -0.2) is 63.3 Å². The highest BCUT2D eigenvalue weighted by atomic mass is 16.6. The summed E-state index contributed by atoms with van der Waals surface area (Å²) in [5, 5.41) is 30.2. The van der Waals surface area contributed by atoms with E-state index in [2.05, 4.69) is 5.32 Å². The minimum absolute atomic E-state index is 0.0157. The molecule has 0 saturated carbocycles. The number of carbonyl (C=O) groups is 2. The molecule has 8 heteroatoms. The van der Waals surface area contributed by atoms with E-state index >= 15 is 0 Å². The number of imide groups is 1. The number of hydrogen-bond acceptors (Lipinski definition) is 6. The lowest BCUT2D eigenvalue weighted by Gasteiger charge is -2.32. The minimum Gasteiger partial charge on any atom is -0.394 e. The van der Waals surface area contributed by atoms with Crippen LogP contribution in [0.3, 0.4) is 0 Å². The van der Waals surface area contributed by atoms with Crippen molar-refractivity contribution in [3.8, 4) is 0 Å². The number of nitrogens with zero attached hydrogens (tertiary/aromatic N) is 1. The van der Waals surface area contributed by atoms with Crippen molar-refractivity contribution in [2.24, 2.45) is 0 Å². The number of carbonyl (C=O) groups excluding carboxylic acids is 2. The monoisotopic (exact) mass is 245 g/mol. The van der Waals surface area contributed by atoms with Crippen LogP contribution in [0.4, 0.5) is 4.79 Å². The first-order chi connectivity index (χ1) is 8.04. The van der Waals surface area contributed by atoms with Gasteiger partial charge < -0.3 is 20.1 Å². The summed E-state index contributed by atoms with van der Waals surface area (Å²) in [6.45, 7) is 0.810. The molecule has 2 aliphatic rings. The second kappa shape index (κ2) is 4.57. The molecular weight excluding hydrogens is 232 g/mol. The molecule has 0 bridgehead atoms. The largest absolute Gasteiger partial charge is 0.394 e. The zero-order valence-corrected chi connectivity index (χ0v) is 8.81. The second-order valence-electron chi connectivity index (χ2n) is 3.88. The summed E-state index contributed by atoms with van der Waals surface area (Å²) in [6.07, 6.45) is -4.67. The summed E-state index contributed by atoms with van der Waals surface area (Å²) >= 11 is 0. The highest BCUT2D eigenvalue weighted by Gasteiger charge is 2.47. The third kappa shape index (κ3) is 2.12. The van der Waals surface area contributed by atoms with Crippen LogP contribution >= 0.6 is 0 Å². The standard InChI is InChI=1S/C9H13N2O6/c12-3-4-6(14)7(15)8(17-4)11-2-1-5(13)10-9(11)16/h2,4,6-8,12,14-15H,1,3H2,(H,10,13,16)/t4-,6-,7-,8-/m1/s1. The number of ether oxygens (including phenoxy) is 1. The van der Waals surface area contributed by atoms with Crippen molar-refractivity contribution < 1.29 is 29.6 Å². The highest BCUT2D eigenvalue weighted by molar-refractivity contribution is 5.97. The Morgan fingerprint density at radius 3 is 2.65 bits per heavy atom. The molecule has 95 valence electrons. The van der Waals surface area contributed by atoms with Crippen molar-refractivity contribution >= 4 is 11.9 Å². The Hall–Kier alpha value is -1.22. The van der Waals surface area contributed by atoms with Gasteiger partial charge in [0.25, 0.3) is 0 Å². The summed E-state index contributed by atoms with van der Waals surface area (Å²) in [5.74, 6) is -0.446. The van der Waals surface area contributed by atoms with Crippen LogP contribution in [0.1, 0.15) is 6.42 Å². The lowest BCUT2D eigenvalue weighted by Crippen LogP contribution is -2.54. The Labute approximate surface area is 96.8 Å². The molecule has 0 aromatic rings. The lowest BCUT2D eigenvalue weighted by atomic mass is 10.1. The molecule has 2 heterocycles. The number of aliphatic hydroxyl groups excluding tert-OH is 3. The topological polar surface area (TPSA) is 119 Å². The molecule has 0 aromatic carbocycles. The van der Waals surface area contributed by atoms with E-state index in [-0.39, 0.29) is 6.42 Å².